The van der Waals surface area contributed by atoms with Crippen LogP contribution >= 0.6 is 0 Å². The number of pyridine rings is 1. The minimum absolute atomic E-state index is 0.00106. The molecule has 214 valence electrons. The Morgan fingerprint density at radius 2 is 2.07 bits per heavy atom. The van der Waals surface area contributed by atoms with Gasteiger partial charge in [0.05, 0.1) is 10.9 Å². The van der Waals surface area contributed by atoms with Crippen LogP contribution in [0.1, 0.15) is 44.7 Å². The number of halogens is 2. The van der Waals surface area contributed by atoms with E-state index in [1.807, 2.05) is 0 Å². The number of anilines is 1. The number of nitrogens with zero attached hydrogens (tertiary/aromatic N) is 4. The predicted molar refractivity (Wildman–Crippen MR) is 154 cm³/mol. The number of benzene rings is 1. The normalized spacial score (nSPS) is 21.2. The molecule has 1 atom stereocenters. The fourth-order valence-electron chi connectivity index (χ4n) is 6.53. The van der Waals surface area contributed by atoms with Crippen molar-refractivity contribution >= 4 is 34.3 Å². The maximum atomic E-state index is 16.3. The highest BCUT2D eigenvalue weighted by atomic mass is 19.1. The van der Waals surface area contributed by atoms with Crippen LogP contribution in [0.3, 0.4) is 0 Å². The number of ether oxygens (including phenoxy) is 1. The molecule has 8 nitrogen and oxygen atoms in total. The first-order valence-corrected chi connectivity index (χ1v) is 14.2. The van der Waals surface area contributed by atoms with Crippen molar-refractivity contribution in [3.05, 3.63) is 64.8 Å². The van der Waals surface area contributed by atoms with Crippen LogP contribution in [-0.2, 0) is 4.79 Å². The molecule has 0 bridgehead atoms. The molecule has 1 aromatic carbocycles. The van der Waals surface area contributed by atoms with E-state index in [0.29, 0.717) is 48.1 Å². The summed E-state index contributed by atoms with van der Waals surface area (Å²) in [4.78, 5) is 27.7. The van der Waals surface area contributed by atoms with Gasteiger partial charge in [-0.1, -0.05) is 30.9 Å². The van der Waals surface area contributed by atoms with E-state index in [4.69, 9.17) is 4.74 Å². The average molecular weight is 561 g/mol. The van der Waals surface area contributed by atoms with Gasteiger partial charge in [-0.25, -0.2) is 8.78 Å². The minimum atomic E-state index is -0.678. The highest BCUT2D eigenvalue weighted by Crippen LogP contribution is 2.39. The molecule has 0 radical (unpaired) electrons. The molecule has 3 aliphatic heterocycles. The van der Waals surface area contributed by atoms with Gasteiger partial charge in [0.15, 0.2) is 5.82 Å². The molecule has 0 spiro atoms. The molecule has 10 heteroatoms. The Hall–Kier alpha value is -3.92. The van der Waals surface area contributed by atoms with Gasteiger partial charge in [0.25, 0.3) is 0 Å². The van der Waals surface area contributed by atoms with E-state index in [-0.39, 0.29) is 39.8 Å². The Bertz CT molecular complexity index is 1630. The Morgan fingerprint density at radius 1 is 1.27 bits per heavy atom. The van der Waals surface area contributed by atoms with Crippen molar-refractivity contribution in [1.82, 2.24) is 25.2 Å². The van der Waals surface area contributed by atoms with Gasteiger partial charge in [0.1, 0.15) is 29.5 Å². The van der Waals surface area contributed by atoms with E-state index in [9.17, 15) is 9.18 Å². The van der Waals surface area contributed by atoms with E-state index in [0.717, 1.165) is 38.8 Å². The number of carbonyl (C=O) groups excluding carboxylic acids is 1. The predicted octanol–water partition coefficient (Wildman–Crippen LogP) is 3.04. The first-order valence-electron chi connectivity index (χ1n) is 14.2. The van der Waals surface area contributed by atoms with Gasteiger partial charge in [0.2, 0.25) is 5.91 Å². The third kappa shape index (κ3) is 5.16. The van der Waals surface area contributed by atoms with Crippen LogP contribution in [0.5, 0.6) is 6.01 Å². The van der Waals surface area contributed by atoms with Gasteiger partial charge in [-0.15, -0.1) is 0 Å². The maximum absolute atomic E-state index is 16.3. The molecule has 41 heavy (non-hydrogen) atoms. The van der Waals surface area contributed by atoms with Crippen molar-refractivity contribution in [2.24, 2.45) is 5.92 Å². The monoisotopic (exact) mass is 560 g/mol. The van der Waals surface area contributed by atoms with E-state index >= 15 is 4.39 Å². The van der Waals surface area contributed by atoms with Crippen LogP contribution in [0.15, 0.2) is 37.1 Å². The van der Waals surface area contributed by atoms with Crippen molar-refractivity contribution in [2.45, 2.75) is 44.6 Å². The third-order valence-corrected chi connectivity index (χ3v) is 8.64. The standard InChI is InChI=1S/C31H34F2N6O2/c1-3-7-21-8-4-9-23(32)25(21)19(2)27-26(33)28-22(17-35-27)29(36-16-20-14-24(40)34-15-20)38-30(37-28)41-18-31-10-5-12-39(31)13-6-11-31/h3-4,7-9,17,20H,1,5-6,10-16,18H2,2H3,(H,34,40)(H,36,37,38)/b21-7-,25-19-. The zero-order valence-corrected chi connectivity index (χ0v) is 23.2. The number of hydrogen-bond acceptors (Lipinski definition) is 7. The number of nitrogens with one attached hydrogen (secondary N) is 2. The second-order valence-electron chi connectivity index (χ2n) is 11.2. The van der Waals surface area contributed by atoms with Crippen LogP contribution < -0.4 is 25.8 Å². The molecule has 0 saturated carbocycles. The van der Waals surface area contributed by atoms with Crippen LogP contribution in [0, 0.1) is 17.6 Å². The summed E-state index contributed by atoms with van der Waals surface area (Å²) in [5.41, 5.74) is 0.351. The van der Waals surface area contributed by atoms with Gasteiger partial charge in [0, 0.05) is 36.8 Å². The second kappa shape index (κ2) is 11.2. The summed E-state index contributed by atoms with van der Waals surface area (Å²) in [6, 6.07) is 4.76. The smallest absolute Gasteiger partial charge is 0.319 e. The third-order valence-electron chi connectivity index (χ3n) is 8.64. The summed E-state index contributed by atoms with van der Waals surface area (Å²) in [5, 5.41) is 7.33. The number of rotatable bonds is 8. The van der Waals surface area contributed by atoms with Crippen LogP contribution in [0.25, 0.3) is 22.6 Å². The van der Waals surface area contributed by atoms with Crippen LogP contribution in [0.4, 0.5) is 14.6 Å². The molecule has 3 aromatic rings. The molecule has 1 unspecified atom stereocenters. The Balaban J connectivity index is 1.43. The average Bonchev–Trinajstić information content (AvgIpc) is 3.67. The zero-order valence-electron chi connectivity index (χ0n) is 23.2. The number of aromatic nitrogens is 3. The lowest BCUT2D eigenvalue weighted by atomic mass is 9.95. The first-order chi connectivity index (χ1) is 19.9. The molecule has 3 aliphatic rings. The fraction of sp³-hybridized carbons (Fsp3) is 0.419. The fourth-order valence-corrected chi connectivity index (χ4v) is 6.53. The molecule has 2 N–H and O–H groups in total. The van der Waals surface area contributed by atoms with Crippen molar-refractivity contribution in [2.75, 3.05) is 38.1 Å². The molecular weight excluding hydrogens is 526 g/mol. The number of allylic oxidation sites excluding steroid dienone is 1. The highest BCUT2D eigenvalue weighted by Gasteiger charge is 2.45. The van der Waals surface area contributed by atoms with Crippen LogP contribution in [-0.4, -0.2) is 64.1 Å². The van der Waals surface area contributed by atoms with Crippen molar-refractivity contribution in [3.63, 3.8) is 0 Å². The summed E-state index contributed by atoms with van der Waals surface area (Å²) in [7, 11) is 0. The largest absolute Gasteiger partial charge is 0.461 e. The van der Waals surface area contributed by atoms with Crippen LogP contribution in [0.2, 0.25) is 0 Å². The lowest BCUT2D eigenvalue weighted by molar-refractivity contribution is -0.119. The van der Waals surface area contributed by atoms with Gasteiger partial charge < -0.3 is 15.4 Å². The molecule has 6 rings (SSSR count). The van der Waals surface area contributed by atoms with E-state index < -0.39 is 11.6 Å². The summed E-state index contributed by atoms with van der Waals surface area (Å²) >= 11 is 0. The number of amides is 1. The maximum Gasteiger partial charge on any atom is 0.319 e. The molecule has 3 saturated heterocycles. The first kappa shape index (κ1) is 27.3. The van der Waals surface area contributed by atoms with Crippen molar-refractivity contribution < 1.29 is 18.3 Å². The lowest BCUT2D eigenvalue weighted by Crippen LogP contribution is -2.43. The second-order valence-corrected chi connectivity index (χ2v) is 11.2. The number of fused-ring (bicyclic) bond motifs is 2. The Labute approximate surface area is 237 Å². The molecular formula is C31H34F2N6O2. The van der Waals surface area contributed by atoms with Gasteiger partial charge >= 0.3 is 6.01 Å². The van der Waals surface area contributed by atoms with E-state index in [1.165, 1.54) is 12.3 Å². The quantitative estimate of drug-likeness (QED) is 0.438. The topological polar surface area (TPSA) is 92.3 Å². The number of hydrogen-bond donors (Lipinski definition) is 2. The summed E-state index contributed by atoms with van der Waals surface area (Å²) in [6.07, 6.45) is 9.52. The summed E-state index contributed by atoms with van der Waals surface area (Å²) in [5.74, 6) is -0.685. The minimum Gasteiger partial charge on any atom is -0.461 e. The van der Waals surface area contributed by atoms with E-state index in [1.54, 1.807) is 31.2 Å². The molecule has 2 aromatic heterocycles. The van der Waals surface area contributed by atoms with Gasteiger partial charge in [-0.2, -0.15) is 9.97 Å². The highest BCUT2D eigenvalue weighted by molar-refractivity contribution is 5.91. The van der Waals surface area contributed by atoms with Gasteiger partial charge in [-0.05, 0) is 62.6 Å². The Kier molecular flexibility index (Phi) is 7.42. The molecule has 0 aliphatic carbocycles. The van der Waals surface area contributed by atoms with Gasteiger partial charge in [-0.3, -0.25) is 14.7 Å². The molecule has 1 amide bonds. The van der Waals surface area contributed by atoms with Crippen molar-refractivity contribution in [3.8, 4) is 6.01 Å². The Morgan fingerprint density at radius 3 is 2.80 bits per heavy atom. The number of carbonyl (C=O) groups is 1. The molecule has 3 fully saturated rings. The van der Waals surface area contributed by atoms with E-state index in [2.05, 4.69) is 37.1 Å². The lowest BCUT2D eigenvalue weighted by Gasteiger charge is -2.31. The summed E-state index contributed by atoms with van der Waals surface area (Å²) in [6.45, 7) is 8.93. The molecule has 5 heterocycles. The van der Waals surface area contributed by atoms with Crippen molar-refractivity contribution in [1.29, 1.82) is 0 Å². The zero-order chi connectivity index (χ0) is 28.6. The SMILES string of the molecule is C=C/C=c1/cccc(F)/c1=C(/C)c1ncc2c(NCC3CNC(=O)C3)nc(OCC34CCCN3CCC4)nc2c1F. The summed E-state index contributed by atoms with van der Waals surface area (Å²) < 4.78 is 37.5.